The molecule has 0 spiro atoms. The van der Waals surface area contributed by atoms with Gasteiger partial charge in [0.15, 0.2) is 0 Å². The number of carbonyl (C=O) groups excluding carboxylic acids is 1. The summed E-state index contributed by atoms with van der Waals surface area (Å²) in [5, 5.41) is 1.21. The van der Waals surface area contributed by atoms with Crippen LogP contribution in [0.25, 0.3) is 0 Å². The predicted octanol–water partition coefficient (Wildman–Crippen LogP) is 4.53. The van der Waals surface area contributed by atoms with E-state index in [1.807, 2.05) is 6.92 Å². The predicted molar refractivity (Wildman–Crippen MR) is 77.0 cm³/mol. The van der Waals surface area contributed by atoms with E-state index in [0.717, 1.165) is 22.5 Å². The Morgan fingerprint density at radius 3 is 2.41 bits per heavy atom. The Hall–Kier alpha value is -1.89. The largest absolute Gasteiger partial charge is 0.442 e. The van der Waals surface area contributed by atoms with E-state index in [9.17, 15) is 18.0 Å². The van der Waals surface area contributed by atoms with Crippen molar-refractivity contribution in [3.05, 3.63) is 51.0 Å². The minimum Gasteiger partial charge on any atom is -0.442 e. The van der Waals surface area contributed by atoms with Gasteiger partial charge in [-0.15, -0.1) is 11.3 Å². The third-order valence-electron chi connectivity index (χ3n) is 3.13. The van der Waals surface area contributed by atoms with Crippen molar-refractivity contribution in [3.63, 3.8) is 0 Å². The minimum atomic E-state index is -4.71. The lowest BCUT2D eigenvalue weighted by atomic mass is 10.1. The molecule has 22 heavy (non-hydrogen) atoms. The van der Waals surface area contributed by atoms with Gasteiger partial charge in [0.05, 0.1) is 5.56 Å². The quantitative estimate of drug-likeness (QED) is 0.777. The highest BCUT2D eigenvalue weighted by molar-refractivity contribution is 7.09. The van der Waals surface area contributed by atoms with Gasteiger partial charge in [-0.05, 0) is 44.0 Å². The normalized spacial score (nSPS) is 13.0. The van der Waals surface area contributed by atoms with Crippen LogP contribution in [0.4, 0.5) is 13.2 Å². The zero-order chi connectivity index (χ0) is 16.5. The van der Waals surface area contributed by atoms with Gasteiger partial charge in [0.1, 0.15) is 5.01 Å². The van der Waals surface area contributed by atoms with Crippen molar-refractivity contribution >= 4 is 17.3 Å². The topological polar surface area (TPSA) is 39.2 Å². The van der Waals surface area contributed by atoms with Crippen LogP contribution in [-0.4, -0.2) is 17.1 Å². The number of aryl methyl sites for hydroxylation is 3. The zero-order valence-corrected chi connectivity index (χ0v) is 13.0. The van der Waals surface area contributed by atoms with E-state index in [0.29, 0.717) is 5.69 Å². The first-order valence-electron chi connectivity index (χ1n) is 6.45. The monoisotopic (exact) mass is 329 g/mol. The number of thiazole rings is 1. The minimum absolute atomic E-state index is 0.0885. The molecular formula is C15H14F3NO2S. The van der Waals surface area contributed by atoms with Crippen LogP contribution in [0.3, 0.4) is 0 Å². The standard InChI is InChI=1S/C15H14F3NO2S/c1-8-4-5-11(6-9(8)2)14(20)21-12(15(16,17)18)13-19-10(3)7-22-13/h4-7,12H,1-3H3. The summed E-state index contributed by atoms with van der Waals surface area (Å²) in [6.07, 6.45) is -7.06. The summed E-state index contributed by atoms with van der Waals surface area (Å²) in [4.78, 5) is 15.8. The summed E-state index contributed by atoms with van der Waals surface area (Å²) < 4.78 is 44.1. The highest BCUT2D eigenvalue weighted by Crippen LogP contribution is 2.37. The number of ether oxygens (including phenoxy) is 1. The number of hydrogen-bond donors (Lipinski definition) is 0. The van der Waals surface area contributed by atoms with Crippen LogP contribution in [0.15, 0.2) is 23.6 Å². The summed E-state index contributed by atoms with van der Waals surface area (Å²) in [7, 11) is 0. The Kier molecular flexibility index (Phi) is 4.55. The van der Waals surface area contributed by atoms with Crippen molar-refractivity contribution in [1.29, 1.82) is 0 Å². The summed E-state index contributed by atoms with van der Waals surface area (Å²) in [6.45, 7) is 5.21. The molecule has 7 heteroatoms. The summed E-state index contributed by atoms with van der Waals surface area (Å²) in [5.41, 5.74) is 2.30. The van der Waals surface area contributed by atoms with Gasteiger partial charge in [-0.25, -0.2) is 9.78 Å². The Bertz CT molecular complexity index is 694. The first-order chi connectivity index (χ1) is 10.2. The van der Waals surface area contributed by atoms with Gasteiger partial charge in [0, 0.05) is 11.1 Å². The van der Waals surface area contributed by atoms with Crippen molar-refractivity contribution in [2.75, 3.05) is 0 Å². The smallest absolute Gasteiger partial charge is 0.432 e. The van der Waals surface area contributed by atoms with Gasteiger partial charge in [0.2, 0.25) is 6.10 Å². The molecule has 1 aromatic heterocycles. The highest BCUT2D eigenvalue weighted by Gasteiger charge is 2.46. The van der Waals surface area contributed by atoms with Crippen LogP contribution in [0.5, 0.6) is 0 Å². The number of rotatable bonds is 3. The maximum absolute atomic E-state index is 13.1. The van der Waals surface area contributed by atoms with Gasteiger partial charge in [-0.3, -0.25) is 0 Å². The Morgan fingerprint density at radius 1 is 1.23 bits per heavy atom. The number of alkyl halides is 3. The second kappa shape index (κ2) is 6.08. The molecule has 0 N–H and O–H groups in total. The van der Waals surface area contributed by atoms with E-state index in [1.165, 1.54) is 17.5 Å². The van der Waals surface area contributed by atoms with Crippen molar-refractivity contribution in [3.8, 4) is 0 Å². The maximum Gasteiger partial charge on any atom is 0.432 e. The molecule has 0 radical (unpaired) electrons. The van der Waals surface area contributed by atoms with Gasteiger partial charge in [0.25, 0.3) is 0 Å². The number of halogens is 3. The van der Waals surface area contributed by atoms with E-state index >= 15 is 0 Å². The molecule has 0 saturated carbocycles. The van der Waals surface area contributed by atoms with Crippen LogP contribution >= 0.6 is 11.3 Å². The SMILES string of the molecule is Cc1csc(C(OC(=O)c2ccc(C)c(C)c2)C(F)(F)F)n1. The molecule has 1 heterocycles. The fourth-order valence-corrected chi connectivity index (χ4v) is 2.64. The zero-order valence-electron chi connectivity index (χ0n) is 12.2. The summed E-state index contributed by atoms with van der Waals surface area (Å²) in [6, 6.07) is 4.63. The first-order valence-corrected chi connectivity index (χ1v) is 7.33. The molecule has 0 fully saturated rings. The van der Waals surface area contributed by atoms with Crippen LogP contribution in [0.2, 0.25) is 0 Å². The fourth-order valence-electron chi connectivity index (χ4n) is 1.79. The Balaban J connectivity index is 2.27. The van der Waals surface area contributed by atoms with E-state index in [4.69, 9.17) is 0 Å². The lowest BCUT2D eigenvalue weighted by molar-refractivity contribution is -0.207. The molecule has 0 aliphatic rings. The number of nitrogens with zero attached hydrogens (tertiary/aromatic N) is 1. The second-order valence-corrected chi connectivity index (χ2v) is 5.84. The Morgan fingerprint density at radius 2 is 1.91 bits per heavy atom. The molecular weight excluding hydrogens is 315 g/mol. The maximum atomic E-state index is 13.1. The molecule has 1 atom stereocenters. The number of aromatic nitrogens is 1. The van der Waals surface area contributed by atoms with Gasteiger partial charge >= 0.3 is 12.1 Å². The van der Waals surface area contributed by atoms with E-state index in [1.54, 1.807) is 19.9 Å². The Labute approximate surface area is 129 Å². The average Bonchev–Trinajstić information content (AvgIpc) is 2.83. The number of carbonyl (C=O) groups is 1. The lowest BCUT2D eigenvalue weighted by Gasteiger charge is -2.18. The van der Waals surface area contributed by atoms with E-state index in [-0.39, 0.29) is 10.6 Å². The molecule has 1 unspecified atom stereocenters. The van der Waals surface area contributed by atoms with Crippen LogP contribution in [0.1, 0.15) is 38.3 Å². The summed E-state index contributed by atoms with van der Waals surface area (Å²) in [5.74, 6) is -1.02. The number of esters is 1. The average molecular weight is 329 g/mol. The highest BCUT2D eigenvalue weighted by atomic mass is 32.1. The third-order valence-corrected chi connectivity index (χ3v) is 4.13. The molecule has 0 aliphatic heterocycles. The van der Waals surface area contributed by atoms with Gasteiger partial charge in [-0.1, -0.05) is 6.07 Å². The molecule has 0 amide bonds. The molecule has 0 saturated heterocycles. The van der Waals surface area contributed by atoms with Crippen molar-refractivity contribution in [1.82, 2.24) is 4.98 Å². The molecule has 0 bridgehead atoms. The molecule has 2 rings (SSSR count). The molecule has 1 aromatic carbocycles. The first kappa shape index (κ1) is 16.5. The van der Waals surface area contributed by atoms with Gasteiger partial charge < -0.3 is 4.74 Å². The van der Waals surface area contributed by atoms with Crippen molar-refractivity contribution in [2.24, 2.45) is 0 Å². The molecule has 118 valence electrons. The molecule has 3 nitrogen and oxygen atoms in total. The van der Waals surface area contributed by atoms with Crippen molar-refractivity contribution in [2.45, 2.75) is 33.1 Å². The van der Waals surface area contributed by atoms with E-state index in [2.05, 4.69) is 9.72 Å². The van der Waals surface area contributed by atoms with E-state index < -0.39 is 18.2 Å². The van der Waals surface area contributed by atoms with Gasteiger partial charge in [-0.2, -0.15) is 13.2 Å². The fraction of sp³-hybridized carbons (Fsp3) is 0.333. The second-order valence-electron chi connectivity index (χ2n) is 4.95. The molecule has 2 aromatic rings. The van der Waals surface area contributed by atoms with Crippen LogP contribution < -0.4 is 0 Å². The number of benzene rings is 1. The summed E-state index contributed by atoms with van der Waals surface area (Å²) >= 11 is 0.819. The molecule has 0 aliphatic carbocycles. The van der Waals surface area contributed by atoms with Crippen molar-refractivity contribution < 1.29 is 22.7 Å². The number of hydrogen-bond acceptors (Lipinski definition) is 4. The third kappa shape index (κ3) is 3.65. The van der Waals surface area contributed by atoms with Crippen LogP contribution in [0, 0.1) is 20.8 Å². The van der Waals surface area contributed by atoms with Crippen LogP contribution in [-0.2, 0) is 4.74 Å². The lowest BCUT2D eigenvalue weighted by Crippen LogP contribution is -2.26.